The first kappa shape index (κ1) is 14.4. The summed E-state index contributed by atoms with van der Waals surface area (Å²) in [4.78, 5) is 32.6. The Balaban J connectivity index is 4.25. The standard InChI is InChI=1S/C9H17N3O4/c1-9(2,8(15)16)12-7(14)5(10)3-4-6(11)13/h5H,3-4,10H2,1-2H3,(H2,11,13)(H,12,14)(H,15,16)/t5-/m0/s1. The highest BCUT2D eigenvalue weighted by molar-refractivity contribution is 5.89. The molecule has 0 radical (unpaired) electrons. The molecule has 0 aliphatic carbocycles. The van der Waals surface area contributed by atoms with Crippen LogP contribution in [-0.2, 0) is 14.4 Å². The van der Waals surface area contributed by atoms with E-state index >= 15 is 0 Å². The summed E-state index contributed by atoms with van der Waals surface area (Å²) in [5.74, 6) is -2.34. The smallest absolute Gasteiger partial charge is 0.328 e. The van der Waals surface area contributed by atoms with E-state index in [0.717, 1.165) is 0 Å². The van der Waals surface area contributed by atoms with E-state index in [9.17, 15) is 14.4 Å². The molecule has 0 unspecified atom stereocenters. The fourth-order valence-corrected chi connectivity index (χ4v) is 0.883. The fourth-order valence-electron chi connectivity index (χ4n) is 0.883. The molecular weight excluding hydrogens is 214 g/mol. The fraction of sp³-hybridized carbons (Fsp3) is 0.667. The average molecular weight is 231 g/mol. The molecule has 0 rings (SSSR count). The van der Waals surface area contributed by atoms with Gasteiger partial charge in [0.05, 0.1) is 6.04 Å². The monoisotopic (exact) mass is 231 g/mol. The van der Waals surface area contributed by atoms with Crippen LogP contribution >= 0.6 is 0 Å². The van der Waals surface area contributed by atoms with Crippen molar-refractivity contribution in [1.82, 2.24) is 5.32 Å². The minimum atomic E-state index is -1.39. The maximum absolute atomic E-state index is 11.4. The molecule has 0 fully saturated rings. The lowest BCUT2D eigenvalue weighted by molar-refractivity contribution is -0.146. The number of carbonyl (C=O) groups is 3. The van der Waals surface area contributed by atoms with Gasteiger partial charge in [-0.1, -0.05) is 0 Å². The normalized spacial score (nSPS) is 12.9. The zero-order valence-electron chi connectivity index (χ0n) is 9.32. The second-order valence-electron chi connectivity index (χ2n) is 4.03. The summed E-state index contributed by atoms with van der Waals surface area (Å²) >= 11 is 0. The van der Waals surface area contributed by atoms with Crippen LogP contribution in [0.4, 0.5) is 0 Å². The summed E-state index contributed by atoms with van der Waals surface area (Å²) in [6, 6.07) is -0.939. The van der Waals surface area contributed by atoms with Crippen molar-refractivity contribution in [3.8, 4) is 0 Å². The molecule has 0 saturated carbocycles. The SMILES string of the molecule is CC(C)(NC(=O)[C@@H](N)CCC(N)=O)C(=O)O. The number of hydrogen-bond donors (Lipinski definition) is 4. The maximum Gasteiger partial charge on any atom is 0.328 e. The van der Waals surface area contributed by atoms with Gasteiger partial charge in [-0.15, -0.1) is 0 Å². The van der Waals surface area contributed by atoms with E-state index in [2.05, 4.69) is 5.32 Å². The minimum absolute atomic E-state index is 0.0118. The number of nitrogens with one attached hydrogen (secondary N) is 1. The number of hydrogen-bond acceptors (Lipinski definition) is 4. The quantitative estimate of drug-likeness (QED) is 0.444. The van der Waals surface area contributed by atoms with Crippen molar-refractivity contribution in [2.45, 2.75) is 38.3 Å². The molecule has 92 valence electrons. The Bertz CT molecular complexity index is 301. The summed E-state index contributed by atoms with van der Waals surface area (Å²) < 4.78 is 0. The third-order valence-electron chi connectivity index (χ3n) is 2.01. The van der Waals surface area contributed by atoms with E-state index in [1.807, 2.05) is 0 Å². The van der Waals surface area contributed by atoms with E-state index in [-0.39, 0.29) is 12.8 Å². The highest BCUT2D eigenvalue weighted by Gasteiger charge is 2.30. The van der Waals surface area contributed by atoms with E-state index in [1.165, 1.54) is 13.8 Å². The number of primary amides is 1. The molecule has 0 aromatic rings. The van der Waals surface area contributed by atoms with Crippen LogP contribution in [0.1, 0.15) is 26.7 Å². The second-order valence-corrected chi connectivity index (χ2v) is 4.03. The van der Waals surface area contributed by atoms with Crippen molar-refractivity contribution in [3.05, 3.63) is 0 Å². The van der Waals surface area contributed by atoms with Crippen molar-refractivity contribution in [2.24, 2.45) is 11.5 Å². The lowest BCUT2D eigenvalue weighted by Crippen LogP contribution is -2.54. The lowest BCUT2D eigenvalue weighted by Gasteiger charge is -2.23. The van der Waals surface area contributed by atoms with Gasteiger partial charge in [0, 0.05) is 6.42 Å². The van der Waals surface area contributed by atoms with Gasteiger partial charge in [-0.05, 0) is 20.3 Å². The van der Waals surface area contributed by atoms with Gasteiger partial charge in [0.15, 0.2) is 0 Å². The molecule has 7 heteroatoms. The highest BCUT2D eigenvalue weighted by atomic mass is 16.4. The summed E-state index contributed by atoms with van der Waals surface area (Å²) in [6.07, 6.45) is 0.0823. The van der Waals surface area contributed by atoms with Crippen LogP contribution in [0.2, 0.25) is 0 Å². The summed E-state index contributed by atoms with van der Waals surface area (Å²) in [5.41, 5.74) is 8.97. The Morgan fingerprint density at radius 3 is 2.25 bits per heavy atom. The molecular formula is C9H17N3O4. The largest absolute Gasteiger partial charge is 0.480 e. The zero-order chi connectivity index (χ0) is 12.9. The highest BCUT2D eigenvalue weighted by Crippen LogP contribution is 2.03. The molecule has 0 aliphatic rings. The summed E-state index contributed by atoms with van der Waals surface area (Å²) in [7, 11) is 0. The Labute approximate surface area is 93.2 Å². The molecule has 7 nitrogen and oxygen atoms in total. The minimum Gasteiger partial charge on any atom is -0.480 e. The van der Waals surface area contributed by atoms with Crippen molar-refractivity contribution >= 4 is 17.8 Å². The second kappa shape index (κ2) is 5.45. The van der Waals surface area contributed by atoms with Gasteiger partial charge in [0.1, 0.15) is 5.54 Å². The van der Waals surface area contributed by atoms with E-state index in [0.29, 0.717) is 0 Å². The van der Waals surface area contributed by atoms with Gasteiger partial charge in [0.2, 0.25) is 11.8 Å². The van der Waals surface area contributed by atoms with Gasteiger partial charge in [-0.25, -0.2) is 4.79 Å². The molecule has 0 saturated heterocycles. The van der Waals surface area contributed by atoms with Gasteiger partial charge in [-0.3, -0.25) is 9.59 Å². The number of nitrogens with two attached hydrogens (primary N) is 2. The zero-order valence-corrected chi connectivity index (χ0v) is 9.32. The summed E-state index contributed by atoms with van der Waals surface area (Å²) in [6.45, 7) is 2.68. The van der Waals surface area contributed by atoms with Crippen LogP contribution in [0.15, 0.2) is 0 Å². The van der Waals surface area contributed by atoms with Crippen LogP contribution < -0.4 is 16.8 Å². The number of carbonyl (C=O) groups excluding carboxylic acids is 2. The Morgan fingerprint density at radius 1 is 1.38 bits per heavy atom. The van der Waals surface area contributed by atoms with E-state index in [4.69, 9.17) is 16.6 Å². The molecule has 0 heterocycles. The lowest BCUT2D eigenvalue weighted by atomic mass is 10.0. The molecule has 2 amide bonds. The van der Waals surface area contributed by atoms with Crippen LogP contribution in [0, 0.1) is 0 Å². The molecule has 0 spiro atoms. The number of carboxylic acids is 1. The van der Waals surface area contributed by atoms with Gasteiger partial charge < -0.3 is 21.9 Å². The van der Waals surface area contributed by atoms with Crippen LogP contribution in [0.3, 0.4) is 0 Å². The Kier molecular flexibility index (Phi) is 4.90. The Morgan fingerprint density at radius 2 is 1.88 bits per heavy atom. The van der Waals surface area contributed by atoms with Crippen molar-refractivity contribution in [3.63, 3.8) is 0 Å². The maximum atomic E-state index is 11.4. The van der Waals surface area contributed by atoms with Crippen molar-refractivity contribution < 1.29 is 19.5 Å². The molecule has 1 atom stereocenters. The third kappa shape index (κ3) is 4.74. The average Bonchev–Trinajstić information content (AvgIpc) is 2.12. The third-order valence-corrected chi connectivity index (χ3v) is 2.01. The summed E-state index contributed by atoms with van der Waals surface area (Å²) in [5, 5.41) is 11.0. The van der Waals surface area contributed by atoms with E-state index in [1.54, 1.807) is 0 Å². The topological polar surface area (TPSA) is 136 Å². The van der Waals surface area contributed by atoms with Crippen LogP contribution in [0.25, 0.3) is 0 Å². The molecule has 6 N–H and O–H groups in total. The predicted molar refractivity (Wildman–Crippen MR) is 56.3 cm³/mol. The molecule has 0 aromatic heterocycles. The number of rotatable bonds is 6. The van der Waals surface area contributed by atoms with Crippen molar-refractivity contribution in [1.29, 1.82) is 0 Å². The predicted octanol–water partition coefficient (Wildman–Crippen LogP) is -1.44. The van der Waals surface area contributed by atoms with Gasteiger partial charge in [-0.2, -0.15) is 0 Å². The molecule has 16 heavy (non-hydrogen) atoms. The number of amides is 2. The number of carboxylic acid groups (broad SMARTS) is 1. The van der Waals surface area contributed by atoms with E-state index < -0.39 is 29.4 Å². The first-order valence-corrected chi connectivity index (χ1v) is 4.76. The first-order valence-electron chi connectivity index (χ1n) is 4.76. The van der Waals surface area contributed by atoms with Gasteiger partial charge in [0.25, 0.3) is 0 Å². The molecule has 0 bridgehead atoms. The molecule has 0 aliphatic heterocycles. The number of aliphatic carboxylic acids is 1. The van der Waals surface area contributed by atoms with Crippen LogP contribution in [-0.4, -0.2) is 34.5 Å². The van der Waals surface area contributed by atoms with Crippen molar-refractivity contribution in [2.75, 3.05) is 0 Å². The van der Waals surface area contributed by atoms with Gasteiger partial charge >= 0.3 is 5.97 Å². The molecule has 0 aromatic carbocycles. The Hall–Kier alpha value is -1.63. The van der Waals surface area contributed by atoms with Crippen LogP contribution in [0.5, 0.6) is 0 Å². The first-order chi connectivity index (χ1) is 7.16.